The molecule has 2 rings (SSSR count). The summed E-state index contributed by atoms with van der Waals surface area (Å²) in [5.74, 6) is 0. The van der Waals surface area contributed by atoms with Gasteiger partial charge < -0.3 is 0 Å². The number of rotatable bonds is 1. The third kappa shape index (κ3) is 2.77. The van der Waals surface area contributed by atoms with Crippen molar-refractivity contribution in [2.45, 2.75) is 44.2 Å². The topological polar surface area (TPSA) is 0 Å². The third-order valence-electron chi connectivity index (χ3n) is 3.65. The number of hydrogen-bond donors (Lipinski definition) is 0. The summed E-state index contributed by atoms with van der Waals surface area (Å²) in [6.45, 7) is 2.02. The van der Waals surface area contributed by atoms with E-state index in [9.17, 15) is 13.2 Å². The van der Waals surface area contributed by atoms with E-state index in [2.05, 4.69) is 12.2 Å². The number of benzene rings is 1. The highest BCUT2D eigenvalue weighted by atomic mass is 19.4. The standard InChI is InChI=1S/C15H17F3/c1-14(9-4-2-3-5-10-14)12-7-6-8-13(11-12)15(16,17)18/h4,6-9,11H,2-3,5,10H2,1H3/t14-/m0/s1. The van der Waals surface area contributed by atoms with Crippen molar-refractivity contribution in [3.8, 4) is 0 Å². The van der Waals surface area contributed by atoms with E-state index < -0.39 is 11.7 Å². The van der Waals surface area contributed by atoms with Gasteiger partial charge in [-0.05, 0) is 30.9 Å². The third-order valence-corrected chi connectivity index (χ3v) is 3.65. The normalized spacial score (nSPS) is 24.9. The molecule has 3 heteroatoms. The van der Waals surface area contributed by atoms with Gasteiger partial charge in [-0.15, -0.1) is 0 Å². The van der Waals surface area contributed by atoms with Crippen LogP contribution in [-0.4, -0.2) is 0 Å². The first-order valence-electron chi connectivity index (χ1n) is 6.27. The van der Waals surface area contributed by atoms with Gasteiger partial charge in [-0.1, -0.05) is 43.7 Å². The minimum absolute atomic E-state index is 0.266. The first-order chi connectivity index (χ1) is 8.42. The average molecular weight is 254 g/mol. The Morgan fingerprint density at radius 3 is 2.67 bits per heavy atom. The van der Waals surface area contributed by atoms with E-state index in [4.69, 9.17) is 0 Å². The van der Waals surface area contributed by atoms with Crippen molar-refractivity contribution in [2.75, 3.05) is 0 Å². The van der Waals surface area contributed by atoms with E-state index in [0.717, 1.165) is 37.3 Å². The zero-order valence-electron chi connectivity index (χ0n) is 10.4. The smallest absolute Gasteiger partial charge is 0.166 e. The molecular formula is C15H17F3. The van der Waals surface area contributed by atoms with E-state index in [1.54, 1.807) is 6.07 Å². The van der Waals surface area contributed by atoms with Crippen molar-refractivity contribution in [2.24, 2.45) is 0 Å². The second-order valence-corrected chi connectivity index (χ2v) is 5.14. The predicted molar refractivity (Wildman–Crippen MR) is 66.4 cm³/mol. The summed E-state index contributed by atoms with van der Waals surface area (Å²) in [4.78, 5) is 0. The van der Waals surface area contributed by atoms with Gasteiger partial charge in [0.2, 0.25) is 0 Å². The summed E-state index contributed by atoms with van der Waals surface area (Å²) >= 11 is 0. The van der Waals surface area contributed by atoms with Crippen LogP contribution in [0, 0.1) is 0 Å². The second-order valence-electron chi connectivity index (χ2n) is 5.14. The van der Waals surface area contributed by atoms with E-state index in [0.29, 0.717) is 0 Å². The molecule has 98 valence electrons. The fourth-order valence-electron chi connectivity index (χ4n) is 2.47. The minimum atomic E-state index is -4.26. The first-order valence-corrected chi connectivity index (χ1v) is 6.27. The molecule has 0 aliphatic heterocycles. The molecule has 0 nitrogen and oxygen atoms in total. The molecule has 0 radical (unpaired) electrons. The van der Waals surface area contributed by atoms with Gasteiger partial charge in [0, 0.05) is 5.41 Å². The van der Waals surface area contributed by atoms with Crippen molar-refractivity contribution in [1.82, 2.24) is 0 Å². The Labute approximate surface area is 106 Å². The molecule has 1 aliphatic rings. The molecule has 0 fully saturated rings. The van der Waals surface area contributed by atoms with Crippen LogP contribution in [-0.2, 0) is 11.6 Å². The van der Waals surface area contributed by atoms with Crippen LogP contribution in [0.25, 0.3) is 0 Å². The highest BCUT2D eigenvalue weighted by molar-refractivity contribution is 5.35. The molecule has 0 saturated heterocycles. The van der Waals surface area contributed by atoms with E-state index in [1.807, 2.05) is 6.92 Å². The van der Waals surface area contributed by atoms with Gasteiger partial charge in [0.15, 0.2) is 0 Å². The highest BCUT2D eigenvalue weighted by Crippen LogP contribution is 2.37. The molecule has 0 spiro atoms. The lowest BCUT2D eigenvalue weighted by atomic mass is 9.78. The Balaban J connectivity index is 2.38. The first kappa shape index (κ1) is 13.2. The number of hydrogen-bond acceptors (Lipinski definition) is 0. The van der Waals surface area contributed by atoms with Crippen molar-refractivity contribution >= 4 is 0 Å². The van der Waals surface area contributed by atoms with Crippen LogP contribution in [0.15, 0.2) is 36.4 Å². The molecule has 18 heavy (non-hydrogen) atoms. The summed E-state index contributed by atoms with van der Waals surface area (Å²) < 4.78 is 38.2. The summed E-state index contributed by atoms with van der Waals surface area (Å²) in [5.41, 5.74) is -0.0630. The van der Waals surface area contributed by atoms with E-state index in [-0.39, 0.29) is 5.41 Å². The largest absolute Gasteiger partial charge is 0.416 e. The second kappa shape index (κ2) is 4.79. The predicted octanol–water partition coefficient (Wildman–Crippen LogP) is 5.09. The number of halogens is 3. The molecule has 1 aromatic rings. The van der Waals surface area contributed by atoms with Gasteiger partial charge in [0.05, 0.1) is 5.56 Å². The van der Waals surface area contributed by atoms with Gasteiger partial charge in [-0.2, -0.15) is 13.2 Å². The number of alkyl halides is 3. The highest BCUT2D eigenvalue weighted by Gasteiger charge is 2.32. The zero-order chi connectivity index (χ0) is 13.2. The molecule has 0 bridgehead atoms. The zero-order valence-corrected chi connectivity index (χ0v) is 10.4. The fraction of sp³-hybridized carbons (Fsp3) is 0.467. The molecule has 0 amide bonds. The van der Waals surface area contributed by atoms with Gasteiger partial charge >= 0.3 is 6.18 Å². The SMILES string of the molecule is C[C@]1(c2cccc(C(F)(F)F)c2)C=CCCCC1. The van der Waals surface area contributed by atoms with Gasteiger partial charge in [0.25, 0.3) is 0 Å². The molecule has 0 aromatic heterocycles. The summed E-state index contributed by atoms with van der Waals surface area (Å²) in [5, 5.41) is 0. The quantitative estimate of drug-likeness (QED) is 0.612. The van der Waals surface area contributed by atoms with Gasteiger partial charge in [-0.25, -0.2) is 0 Å². The summed E-state index contributed by atoms with van der Waals surface area (Å²) in [7, 11) is 0. The molecule has 0 N–H and O–H groups in total. The average Bonchev–Trinajstić information content (AvgIpc) is 2.54. The van der Waals surface area contributed by atoms with E-state index >= 15 is 0 Å². The lowest BCUT2D eigenvalue weighted by molar-refractivity contribution is -0.137. The monoisotopic (exact) mass is 254 g/mol. The Hall–Kier alpha value is -1.25. The number of allylic oxidation sites excluding steroid dienone is 2. The summed E-state index contributed by atoms with van der Waals surface area (Å²) in [6.07, 6.45) is 3.99. The Morgan fingerprint density at radius 1 is 1.17 bits per heavy atom. The van der Waals surface area contributed by atoms with E-state index in [1.165, 1.54) is 12.1 Å². The van der Waals surface area contributed by atoms with Crippen LogP contribution in [0.4, 0.5) is 13.2 Å². The Morgan fingerprint density at radius 2 is 1.94 bits per heavy atom. The van der Waals surface area contributed by atoms with Crippen molar-refractivity contribution in [1.29, 1.82) is 0 Å². The lowest BCUT2D eigenvalue weighted by Crippen LogP contribution is -2.19. The lowest BCUT2D eigenvalue weighted by Gasteiger charge is -2.26. The van der Waals surface area contributed by atoms with Crippen molar-refractivity contribution < 1.29 is 13.2 Å². The van der Waals surface area contributed by atoms with Gasteiger partial charge in [-0.3, -0.25) is 0 Å². The molecule has 1 aliphatic carbocycles. The summed E-state index contributed by atoms with van der Waals surface area (Å²) in [6, 6.07) is 5.72. The fourth-order valence-corrected chi connectivity index (χ4v) is 2.47. The minimum Gasteiger partial charge on any atom is -0.166 e. The van der Waals surface area contributed by atoms with Crippen LogP contribution >= 0.6 is 0 Å². The maximum atomic E-state index is 12.7. The van der Waals surface area contributed by atoms with Crippen LogP contribution in [0.3, 0.4) is 0 Å². The van der Waals surface area contributed by atoms with Crippen LogP contribution in [0.2, 0.25) is 0 Å². The van der Waals surface area contributed by atoms with Crippen molar-refractivity contribution in [3.63, 3.8) is 0 Å². The Kier molecular flexibility index (Phi) is 3.51. The molecular weight excluding hydrogens is 237 g/mol. The van der Waals surface area contributed by atoms with Crippen LogP contribution in [0.5, 0.6) is 0 Å². The van der Waals surface area contributed by atoms with Crippen molar-refractivity contribution in [3.05, 3.63) is 47.5 Å². The Bertz CT molecular complexity index is 445. The maximum Gasteiger partial charge on any atom is 0.416 e. The molecule has 1 aromatic carbocycles. The van der Waals surface area contributed by atoms with Crippen LogP contribution in [0.1, 0.15) is 43.7 Å². The maximum absolute atomic E-state index is 12.7. The van der Waals surface area contributed by atoms with Crippen LogP contribution < -0.4 is 0 Å². The molecule has 0 saturated carbocycles. The molecule has 0 unspecified atom stereocenters. The molecule has 0 heterocycles. The van der Waals surface area contributed by atoms with Gasteiger partial charge in [0.1, 0.15) is 0 Å². The molecule has 1 atom stereocenters.